The molecule has 32 heavy (non-hydrogen) atoms. The van der Waals surface area contributed by atoms with E-state index in [0.29, 0.717) is 12.0 Å². The second-order valence-electron chi connectivity index (χ2n) is 9.39. The number of pyridine rings is 2. The fraction of sp³-hybridized carbons (Fsp3) is 0.500. The van der Waals surface area contributed by atoms with Crippen molar-refractivity contribution in [3.63, 3.8) is 0 Å². The molecule has 0 radical (unpaired) electrons. The van der Waals surface area contributed by atoms with Crippen molar-refractivity contribution in [2.75, 3.05) is 42.9 Å². The molecule has 3 aliphatic rings. The standard InChI is InChI=1S/C24H32N8/c1-16-20(17-2-3-18-14-28-30-21(18)12-17)13-22(24-26-8-11-32(16)24)29-23-5-4-19(15-27-23)31-9-6-25-7-10-31/h4-5,8,11,13,15,17-18,21,25,28,30H,2-3,6-7,9-10,12,14H2,1H3,(H,27,29). The van der Waals surface area contributed by atoms with Crippen molar-refractivity contribution in [2.45, 2.75) is 38.1 Å². The highest BCUT2D eigenvalue weighted by Crippen LogP contribution is 2.40. The van der Waals surface area contributed by atoms with Gasteiger partial charge in [-0.3, -0.25) is 10.9 Å². The quantitative estimate of drug-likeness (QED) is 0.504. The number of fused-ring (bicyclic) bond motifs is 2. The van der Waals surface area contributed by atoms with Gasteiger partial charge in [-0.15, -0.1) is 0 Å². The zero-order chi connectivity index (χ0) is 21.5. The summed E-state index contributed by atoms with van der Waals surface area (Å²) in [4.78, 5) is 11.7. The average Bonchev–Trinajstić information content (AvgIpc) is 3.52. The molecule has 3 atom stereocenters. The Bertz CT molecular complexity index is 1090. The minimum absolute atomic E-state index is 0.555. The van der Waals surface area contributed by atoms with Crippen molar-refractivity contribution in [1.82, 2.24) is 30.5 Å². The van der Waals surface area contributed by atoms with Gasteiger partial charge in [0.25, 0.3) is 0 Å². The molecule has 3 aromatic heterocycles. The van der Waals surface area contributed by atoms with E-state index in [1.807, 2.05) is 12.4 Å². The number of anilines is 3. The summed E-state index contributed by atoms with van der Waals surface area (Å²) in [6.07, 6.45) is 9.62. The van der Waals surface area contributed by atoms with Crippen LogP contribution >= 0.6 is 0 Å². The molecule has 3 unspecified atom stereocenters. The molecule has 1 saturated carbocycles. The van der Waals surface area contributed by atoms with Crippen LogP contribution in [-0.4, -0.2) is 53.1 Å². The van der Waals surface area contributed by atoms with Gasteiger partial charge in [0.2, 0.25) is 0 Å². The first-order valence-corrected chi connectivity index (χ1v) is 11.9. The number of rotatable bonds is 4. The molecule has 6 rings (SSSR count). The highest BCUT2D eigenvalue weighted by atomic mass is 15.4. The summed E-state index contributed by atoms with van der Waals surface area (Å²) in [7, 11) is 0. The molecule has 2 aliphatic heterocycles. The number of imidazole rings is 1. The summed E-state index contributed by atoms with van der Waals surface area (Å²) in [5.74, 6) is 2.17. The van der Waals surface area contributed by atoms with Gasteiger partial charge in [-0.1, -0.05) is 0 Å². The van der Waals surface area contributed by atoms with Crippen molar-refractivity contribution in [1.29, 1.82) is 0 Å². The van der Waals surface area contributed by atoms with E-state index in [4.69, 9.17) is 4.98 Å². The van der Waals surface area contributed by atoms with Crippen LogP contribution in [0.5, 0.6) is 0 Å². The monoisotopic (exact) mass is 432 g/mol. The zero-order valence-electron chi connectivity index (χ0n) is 18.6. The third-order valence-corrected chi connectivity index (χ3v) is 7.54. The third kappa shape index (κ3) is 3.62. The van der Waals surface area contributed by atoms with Crippen molar-refractivity contribution < 1.29 is 0 Å². The molecular weight excluding hydrogens is 400 g/mol. The molecule has 0 bridgehead atoms. The Kier molecular flexibility index (Phi) is 5.21. The molecule has 0 aromatic carbocycles. The predicted octanol–water partition coefficient (Wildman–Crippen LogP) is 2.55. The van der Waals surface area contributed by atoms with E-state index in [1.54, 1.807) is 0 Å². The van der Waals surface area contributed by atoms with Crippen LogP contribution in [0, 0.1) is 12.8 Å². The number of aryl methyl sites for hydroxylation is 1. The van der Waals surface area contributed by atoms with Crippen LogP contribution in [0.2, 0.25) is 0 Å². The van der Waals surface area contributed by atoms with Gasteiger partial charge in [0.1, 0.15) is 5.82 Å². The molecule has 4 N–H and O–H groups in total. The molecule has 0 amide bonds. The first-order chi connectivity index (χ1) is 15.8. The molecule has 8 nitrogen and oxygen atoms in total. The maximum Gasteiger partial charge on any atom is 0.160 e. The number of nitrogens with zero attached hydrogens (tertiary/aromatic N) is 4. The lowest BCUT2D eigenvalue weighted by molar-refractivity contribution is 0.302. The Morgan fingerprint density at radius 1 is 1.12 bits per heavy atom. The number of hydrogen-bond acceptors (Lipinski definition) is 7. The van der Waals surface area contributed by atoms with Crippen LogP contribution in [0.15, 0.2) is 36.8 Å². The van der Waals surface area contributed by atoms with Gasteiger partial charge >= 0.3 is 0 Å². The normalized spacial score (nSPS) is 25.8. The highest BCUT2D eigenvalue weighted by Gasteiger charge is 2.35. The highest BCUT2D eigenvalue weighted by molar-refractivity contribution is 5.74. The van der Waals surface area contributed by atoms with Gasteiger partial charge in [0, 0.05) is 56.9 Å². The molecule has 1 aliphatic carbocycles. The molecule has 0 spiro atoms. The number of hydrazine groups is 1. The second kappa shape index (κ2) is 8.35. The van der Waals surface area contributed by atoms with Crippen LogP contribution in [-0.2, 0) is 0 Å². The SMILES string of the molecule is Cc1c(C2CCC3CNNC3C2)cc(Nc2ccc(N3CCNCC3)cn2)c2nccn12. The van der Waals surface area contributed by atoms with Crippen LogP contribution in [0.25, 0.3) is 5.65 Å². The van der Waals surface area contributed by atoms with Gasteiger partial charge in [-0.2, -0.15) is 0 Å². The number of hydrogen-bond donors (Lipinski definition) is 4. The maximum absolute atomic E-state index is 4.72. The lowest BCUT2D eigenvalue weighted by Gasteiger charge is -2.32. The minimum Gasteiger partial charge on any atom is -0.368 e. The summed E-state index contributed by atoms with van der Waals surface area (Å²) in [5, 5.41) is 6.96. The Balaban J connectivity index is 1.28. The minimum atomic E-state index is 0.555. The Labute approximate surface area is 188 Å². The van der Waals surface area contributed by atoms with Crippen LogP contribution < -0.4 is 26.4 Å². The molecule has 5 heterocycles. The molecule has 3 fully saturated rings. The van der Waals surface area contributed by atoms with Gasteiger partial charge in [-0.05, 0) is 61.8 Å². The summed E-state index contributed by atoms with van der Waals surface area (Å²) in [6, 6.07) is 7.13. The predicted molar refractivity (Wildman–Crippen MR) is 128 cm³/mol. The Hall–Kier alpha value is -2.68. The topological polar surface area (TPSA) is 81.5 Å². The van der Waals surface area contributed by atoms with Crippen molar-refractivity contribution in [3.05, 3.63) is 48.0 Å². The van der Waals surface area contributed by atoms with Gasteiger partial charge < -0.3 is 19.9 Å². The summed E-state index contributed by atoms with van der Waals surface area (Å²) >= 11 is 0. The Morgan fingerprint density at radius 3 is 2.88 bits per heavy atom. The van der Waals surface area contributed by atoms with E-state index < -0.39 is 0 Å². The van der Waals surface area contributed by atoms with Gasteiger partial charge in [0.15, 0.2) is 5.65 Å². The van der Waals surface area contributed by atoms with Gasteiger partial charge in [0.05, 0.1) is 17.6 Å². The summed E-state index contributed by atoms with van der Waals surface area (Å²) in [5.41, 5.74) is 12.7. The summed E-state index contributed by atoms with van der Waals surface area (Å²) in [6.45, 7) is 7.42. The largest absolute Gasteiger partial charge is 0.368 e. The molecule has 3 aromatic rings. The van der Waals surface area contributed by atoms with E-state index in [0.717, 1.165) is 55.8 Å². The smallest absolute Gasteiger partial charge is 0.160 e. The van der Waals surface area contributed by atoms with E-state index in [-0.39, 0.29) is 0 Å². The van der Waals surface area contributed by atoms with Crippen molar-refractivity contribution >= 4 is 22.8 Å². The zero-order valence-corrected chi connectivity index (χ0v) is 18.6. The average molecular weight is 433 g/mol. The third-order valence-electron chi connectivity index (χ3n) is 7.54. The molecule has 8 heteroatoms. The molecule has 2 saturated heterocycles. The Morgan fingerprint density at radius 2 is 2.03 bits per heavy atom. The van der Waals surface area contributed by atoms with Crippen LogP contribution in [0.1, 0.15) is 36.4 Å². The van der Waals surface area contributed by atoms with Crippen molar-refractivity contribution in [3.8, 4) is 0 Å². The van der Waals surface area contributed by atoms with E-state index in [2.05, 4.69) is 67.1 Å². The van der Waals surface area contributed by atoms with Crippen LogP contribution in [0.4, 0.5) is 17.2 Å². The van der Waals surface area contributed by atoms with Crippen molar-refractivity contribution in [2.24, 2.45) is 5.92 Å². The lowest BCUT2D eigenvalue weighted by atomic mass is 9.76. The number of piperazine rings is 1. The molecule has 168 valence electrons. The first kappa shape index (κ1) is 20.0. The first-order valence-electron chi connectivity index (χ1n) is 11.9. The van der Waals surface area contributed by atoms with Gasteiger partial charge in [-0.25, -0.2) is 9.97 Å². The fourth-order valence-corrected chi connectivity index (χ4v) is 5.71. The van der Waals surface area contributed by atoms with E-state index in [9.17, 15) is 0 Å². The molecular formula is C24H32N8. The van der Waals surface area contributed by atoms with E-state index >= 15 is 0 Å². The lowest BCUT2D eigenvalue weighted by Crippen LogP contribution is -2.43. The summed E-state index contributed by atoms with van der Waals surface area (Å²) < 4.78 is 2.22. The van der Waals surface area contributed by atoms with Crippen LogP contribution in [0.3, 0.4) is 0 Å². The fourth-order valence-electron chi connectivity index (χ4n) is 5.71. The number of aromatic nitrogens is 3. The maximum atomic E-state index is 4.72. The number of nitrogens with one attached hydrogen (secondary N) is 4. The van der Waals surface area contributed by atoms with E-state index in [1.165, 1.54) is 36.2 Å². The second-order valence-corrected chi connectivity index (χ2v) is 9.39.